The van der Waals surface area contributed by atoms with Crippen molar-refractivity contribution in [3.63, 3.8) is 0 Å². The Kier molecular flexibility index (Phi) is 12.1. The predicted molar refractivity (Wildman–Crippen MR) is 128 cm³/mol. The van der Waals surface area contributed by atoms with E-state index < -0.39 is 0 Å². The minimum absolute atomic E-state index is 0.0255. The Balaban J connectivity index is 4.38. The number of carbonyl (C=O) groups excluding carboxylic acids is 1. The maximum atomic E-state index is 12.4. The number of rotatable bonds is 13. The van der Waals surface area contributed by atoms with Crippen LogP contribution in [0.2, 0.25) is 0 Å². The summed E-state index contributed by atoms with van der Waals surface area (Å²) in [7, 11) is 0. The summed E-state index contributed by atoms with van der Waals surface area (Å²) < 4.78 is 11.0. The van der Waals surface area contributed by atoms with Crippen LogP contribution < -0.4 is 10.6 Å². The highest BCUT2D eigenvalue weighted by Gasteiger charge is 2.26. The van der Waals surface area contributed by atoms with Crippen molar-refractivity contribution in [3.8, 4) is 0 Å². The fourth-order valence-corrected chi connectivity index (χ4v) is 2.67. The number of allylic oxidation sites excluding steroid dienone is 1. The summed E-state index contributed by atoms with van der Waals surface area (Å²) in [5, 5.41) is 6.46. The molecule has 0 aromatic carbocycles. The van der Waals surface area contributed by atoms with Gasteiger partial charge in [-0.1, -0.05) is 60.3 Å². The van der Waals surface area contributed by atoms with Crippen LogP contribution in [-0.4, -0.2) is 50.5 Å². The average Bonchev–Trinajstić information content (AvgIpc) is 2.57. The monoisotopic (exact) mass is 424 g/mol. The zero-order valence-corrected chi connectivity index (χ0v) is 21.2. The molecule has 1 atom stereocenters. The molecule has 0 fully saturated rings. The van der Waals surface area contributed by atoms with Crippen LogP contribution in [-0.2, 0) is 14.3 Å². The van der Waals surface area contributed by atoms with Gasteiger partial charge in [0.15, 0.2) is 0 Å². The molecule has 0 spiro atoms. The maximum Gasteiger partial charge on any atom is 0.246 e. The van der Waals surface area contributed by atoms with Crippen LogP contribution in [0.15, 0.2) is 24.3 Å². The van der Waals surface area contributed by atoms with Crippen LogP contribution in [0.1, 0.15) is 75.2 Å². The van der Waals surface area contributed by atoms with Gasteiger partial charge in [-0.15, -0.1) is 0 Å². The number of ether oxygens (including phenoxy) is 2. The molecule has 0 saturated heterocycles. The molecule has 30 heavy (non-hydrogen) atoms. The first-order chi connectivity index (χ1) is 13.5. The van der Waals surface area contributed by atoms with Gasteiger partial charge in [-0.25, -0.2) is 0 Å². The molecule has 5 heteroatoms. The molecule has 0 aliphatic heterocycles. The lowest BCUT2D eigenvalue weighted by Crippen LogP contribution is -2.41. The predicted octanol–water partition coefficient (Wildman–Crippen LogP) is 4.88. The summed E-state index contributed by atoms with van der Waals surface area (Å²) in [6, 6.07) is -0.0973. The number of amides is 1. The van der Waals surface area contributed by atoms with Crippen molar-refractivity contribution < 1.29 is 14.3 Å². The second-order valence-electron chi connectivity index (χ2n) is 11.1. The first-order valence-corrected chi connectivity index (χ1v) is 11.1. The van der Waals surface area contributed by atoms with Crippen molar-refractivity contribution in [1.82, 2.24) is 10.6 Å². The topological polar surface area (TPSA) is 59.6 Å². The molecule has 176 valence electrons. The maximum absolute atomic E-state index is 12.4. The Hall–Kier alpha value is -1.17. The fourth-order valence-electron chi connectivity index (χ4n) is 2.67. The summed E-state index contributed by atoms with van der Waals surface area (Å²) in [4.78, 5) is 12.4. The van der Waals surface area contributed by atoms with E-state index >= 15 is 0 Å². The van der Waals surface area contributed by atoms with Gasteiger partial charge in [0, 0.05) is 12.1 Å². The molecule has 0 aromatic heterocycles. The molecular formula is C25H48N2O3. The average molecular weight is 425 g/mol. The van der Waals surface area contributed by atoms with Gasteiger partial charge >= 0.3 is 0 Å². The van der Waals surface area contributed by atoms with Crippen LogP contribution >= 0.6 is 0 Å². The van der Waals surface area contributed by atoms with Gasteiger partial charge in [-0.05, 0) is 50.0 Å². The normalized spacial score (nSPS) is 13.8. The third-order valence-corrected chi connectivity index (χ3v) is 5.02. The molecule has 0 radical (unpaired) electrons. The Morgan fingerprint density at radius 2 is 1.43 bits per heavy atom. The summed E-state index contributed by atoms with van der Waals surface area (Å²) in [6.07, 6.45) is 1.64. The van der Waals surface area contributed by atoms with E-state index in [0.717, 1.165) is 25.0 Å². The van der Waals surface area contributed by atoms with Crippen LogP contribution in [0.4, 0.5) is 0 Å². The zero-order valence-electron chi connectivity index (χ0n) is 21.2. The molecule has 2 N–H and O–H groups in total. The Morgan fingerprint density at radius 1 is 0.867 bits per heavy atom. The summed E-state index contributed by atoms with van der Waals surface area (Å²) in [5.74, 6) is -0.124. The summed E-state index contributed by atoms with van der Waals surface area (Å²) >= 11 is 0. The molecule has 0 heterocycles. The van der Waals surface area contributed by atoms with Gasteiger partial charge in [0.05, 0.1) is 25.9 Å². The quantitative estimate of drug-likeness (QED) is 0.327. The molecular weight excluding hydrogens is 376 g/mol. The zero-order chi connectivity index (χ0) is 23.6. The smallest absolute Gasteiger partial charge is 0.246 e. The lowest BCUT2D eigenvalue weighted by molar-refractivity contribution is -0.126. The van der Waals surface area contributed by atoms with Gasteiger partial charge in [-0.3, -0.25) is 4.79 Å². The third-order valence-electron chi connectivity index (χ3n) is 5.02. The first kappa shape index (κ1) is 28.8. The van der Waals surface area contributed by atoms with E-state index in [1.54, 1.807) is 0 Å². The van der Waals surface area contributed by atoms with Crippen molar-refractivity contribution >= 4 is 5.91 Å². The van der Waals surface area contributed by atoms with Crippen molar-refractivity contribution in [2.24, 2.45) is 10.8 Å². The second kappa shape index (κ2) is 12.6. The highest BCUT2D eigenvalue weighted by Crippen LogP contribution is 2.32. The molecule has 1 amide bonds. The number of nitrogens with one attached hydrogen (secondary N) is 2. The van der Waals surface area contributed by atoms with Crippen LogP contribution in [0.25, 0.3) is 0 Å². The van der Waals surface area contributed by atoms with E-state index in [1.807, 2.05) is 0 Å². The lowest BCUT2D eigenvalue weighted by Gasteiger charge is -2.31. The van der Waals surface area contributed by atoms with Crippen LogP contribution in [0.3, 0.4) is 0 Å². The van der Waals surface area contributed by atoms with E-state index in [0.29, 0.717) is 19.8 Å². The summed E-state index contributed by atoms with van der Waals surface area (Å²) in [5.41, 5.74) is 2.26. The largest absolute Gasteiger partial charge is 0.378 e. The van der Waals surface area contributed by atoms with Crippen molar-refractivity contribution in [1.29, 1.82) is 0 Å². The van der Waals surface area contributed by atoms with Gasteiger partial charge in [0.2, 0.25) is 5.91 Å². The second-order valence-corrected chi connectivity index (χ2v) is 11.1. The Morgan fingerprint density at radius 3 is 1.93 bits per heavy atom. The van der Waals surface area contributed by atoms with Crippen molar-refractivity contribution in [3.05, 3.63) is 24.3 Å². The van der Waals surface area contributed by atoms with Gasteiger partial charge in [0.25, 0.3) is 0 Å². The minimum Gasteiger partial charge on any atom is -0.378 e. The number of hydrogen-bond acceptors (Lipinski definition) is 4. The molecule has 0 rings (SSSR count). The van der Waals surface area contributed by atoms with E-state index in [1.165, 1.54) is 5.57 Å². The molecule has 0 aliphatic rings. The third kappa shape index (κ3) is 13.9. The van der Waals surface area contributed by atoms with E-state index in [4.69, 9.17) is 9.47 Å². The van der Waals surface area contributed by atoms with E-state index in [-0.39, 0.29) is 34.9 Å². The van der Waals surface area contributed by atoms with Crippen LogP contribution in [0.5, 0.6) is 0 Å². The highest BCUT2D eigenvalue weighted by molar-refractivity contribution is 5.77. The van der Waals surface area contributed by atoms with Gasteiger partial charge in [0.1, 0.15) is 6.61 Å². The van der Waals surface area contributed by atoms with E-state index in [9.17, 15) is 4.79 Å². The van der Waals surface area contributed by atoms with Gasteiger partial charge < -0.3 is 20.1 Å². The molecule has 5 nitrogen and oxygen atoms in total. The van der Waals surface area contributed by atoms with Crippen LogP contribution in [0, 0.1) is 10.8 Å². The molecule has 0 aromatic rings. The fraction of sp³-hybridized carbons (Fsp3) is 0.800. The highest BCUT2D eigenvalue weighted by atomic mass is 16.5. The van der Waals surface area contributed by atoms with Crippen molar-refractivity contribution in [2.75, 3.05) is 33.0 Å². The summed E-state index contributed by atoms with van der Waals surface area (Å²) in [6.45, 7) is 30.0. The Bertz CT molecular complexity index is 548. The number of hydrogen-bond donors (Lipinski definition) is 2. The van der Waals surface area contributed by atoms with Gasteiger partial charge in [-0.2, -0.15) is 0 Å². The first-order valence-electron chi connectivity index (χ1n) is 11.1. The number of carbonyl (C=O) groups is 1. The molecule has 0 saturated carbocycles. The Labute approximate surface area is 186 Å². The molecule has 0 aliphatic carbocycles. The molecule has 0 bridgehead atoms. The SMILES string of the molecule is C=C(CCC(NC(=O)COCCOCCNC(C)(C)C)C(=C)C(C)(C)C)C(C)(C)C. The molecule has 1 unspecified atom stereocenters. The standard InChI is InChI=1S/C25H48N2O3/c1-19(23(3,4)5)12-13-21(20(2)24(6,7)8)27-22(28)18-30-17-16-29-15-14-26-25(9,10)11/h21,26H,1-2,12-18H2,3-11H3,(H,27,28). The van der Waals surface area contributed by atoms with Crippen molar-refractivity contribution in [2.45, 2.75) is 86.7 Å². The lowest BCUT2D eigenvalue weighted by atomic mass is 9.79. The minimum atomic E-state index is -0.124. The van der Waals surface area contributed by atoms with E-state index in [2.05, 4.69) is 86.1 Å².